The molecule has 0 aliphatic carbocycles. The third-order valence-corrected chi connectivity index (χ3v) is 3.71. The van der Waals surface area contributed by atoms with Crippen LogP contribution >= 0.6 is 0 Å². The largest absolute Gasteiger partial charge is 0.487 e. The minimum Gasteiger partial charge on any atom is -0.487 e. The first kappa shape index (κ1) is 15.2. The van der Waals surface area contributed by atoms with Crippen molar-refractivity contribution in [2.24, 2.45) is 0 Å². The Morgan fingerprint density at radius 3 is 2.52 bits per heavy atom. The SMILES string of the molecule is CCc1ccccc1-n1nnc(CO)c1COc1ccccc1. The maximum atomic E-state index is 9.53. The number of aryl methyl sites for hydroxylation is 1. The molecule has 0 radical (unpaired) electrons. The van der Waals surface area contributed by atoms with Crippen molar-refractivity contribution in [2.45, 2.75) is 26.6 Å². The monoisotopic (exact) mass is 309 g/mol. The molecule has 2 aromatic carbocycles. The second kappa shape index (κ2) is 7.07. The molecule has 0 atom stereocenters. The van der Waals surface area contributed by atoms with Crippen LogP contribution in [0.15, 0.2) is 54.6 Å². The number of aliphatic hydroxyl groups excluding tert-OH is 1. The molecule has 0 aliphatic rings. The number of aliphatic hydroxyl groups is 1. The summed E-state index contributed by atoms with van der Waals surface area (Å²) in [5.74, 6) is 0.771. The standard InChI is InChI=1S/C18H19N3O2/c1-2-14-8-6-7-11-17(14)21-18(16(12-22)19-20-21)13-23-15-9-4-3-5-10-15/h3-11,22H,2,12-13H2,1H3. The molecule has 0 unspecified atom stereocenters. The Hall–Kier alpha value is -2.66. The van der Waals surface area contributed by atoms with E-state index in [-0.39, 0.29) is 6.61 Å². The predicted octanol–water partition coefficient (Wildman–Crippen LogP) is 2.90. The van der Waals surface area contributed by atoms with Crippen LogP contribution in [0.5, 0.6) is 5.75 Å². The highest BCUT2D eigenvalue weighted by Crippen LogP contribution is 2.20. The van der Waals surface area contributed by atoms with Gasteiger partial charge in [0.2, 0.25) is 0 Å². The summed E-state index contributed by atoms with van der Waals surface area (Å²) in [4.78, 5) is 0. The number of para-hydroxylation sites is 2. The van der Waals surface area contributed by atoms with Gasteiger partial charge in [0.05, 0.1) is 12.3 Å². The summed E-state index contributed by atoms with van der Waals surface area (Å²) in [7, 11) is 0. The Morgan fingerprint density at radius 1 is 1.04 bits per heavy atom. The molecule has 3 rings (SSSR count). The van der Waals surface area contributed by atoms with Crippen molar-refractivity contribution in [3.05, 3.63) is 71.5 Å². The molecule has 5 nitrogen and oxygen atoms in total. The van der Waals surface area contributed by atoms with Crippen molar-refractivity contribution in [3.63, 3.8) is 0 Å². The van der Waals surface area contributed by atoms with Crippen LogP contribution in [0.3, 0.4) is 0 Å². The average molecular weight is 309 g/mol. The molecule has 0 spiro atoms. The highest BCUT2D eigenvalue weighted by Gasteiger charge is 2.16. The van der Waals surface area contributed by atoms with Gasteiger partial charge >= 0.3 is 0 Å². The van der Waals surface area contributed by atoms with E-state index >= 15 is 0 Å². The summed E-state index contributed by atoms with van der Waals surface area (Å²) >= 11 is 0. The van der Waals surface area contributed by atoms with Crippen molar-refractivity contribution >= 4 is 0 Å². The lowest BCUT2D eigenvalue weighted by molar-refractivity contribution is 0.263. The van der Waals surface area contributed by atoms with E-state index in [1.807, 2.05) is 48.5 Å². The Morgan fingerprint density at radius 2 is 1.78 bits per heavy atom. The van der Waals surface area contributed by atoms with Gasteiger partial charge in [-0.2, -0.15) is 0 Å². The van der Waals surface area contributed by atoms with E-state index in [2.05, 4.69) is 23.3 Å². The number of hydrogen-bond acceptors (Lipinski definition) is 4. The van der Waals surface area contributed by atoms with Crippen LogP contribution in [-0.4, -0.2) is 20.1 Å². The molecule has 0 aliphatic heterocycles. The van der Waals surface area contributed by atoms with Crippen LogP contribution in [0.25, 0.3) is 5.69 Å². The van der Waals surface area contributed by atoms with Crippen LogP contribution in [0, 0.1) is 0 Å². The molecule has 5 heteroatoms. The molecule has 0 fully saturated rings. The molecule has 1 N–H and O–H groups in total. The van der Waals surface area contributed by atoms with Crippen molar-refractivity contribution in [3.8, 4) is 11.4 Å². The predicted molar refractivity (Wildman–Crippen MR) is 87.4 cm³/mol. The molecule has 3 aromatic rings. The van der Waals surface area contributed by atoms with E-state index in [4.69, 9.17) is 4.74 Å². The fourth-order valence-corrected chi connectivity index (χ4v) is 2.48. The summed E-state index contributed by atoms with van der Waals surface area (Å²) in [5, 5.41) is 17.8. The zero-order valence-electron chi connectivity index (χ0n) is 13.0. The normalized spacial score (nSPS) is 10.7. The van der Waals surface area contributed by atoms with Gasteiger partial charge in [0.25, 0.3) is 0 Å². The number of nitrogens with zero attached hydrogens (tertiary/aromatic N) is 3. The molecule has 1 heterocycles. The number of ether oxygens (including phenoxy) is 1. The first-order valence-electron chi connectivity index (χ1n) is 7.64. The van der Waals surface area contributed by atoms with Crippen LogP contribution in [0.2, 0.25) is 0 Å². The van der Waals surface area contributed by atoms with Crippen molar-refractivity contribution in [1.82, 2.24) is 15.0 Å². The second-order valence-electron chi connectivity index (χ2n) is 5.14. The molecule has 0 saturated carbocycles. The zero-order valence-corrected chi connectivity index (χ0v) is 13.0. The summed E-state index contributed by atoms with van der Waals surface area (Å²) in [5.41, 5.74) is 3.43. The van der Waals surface area contributed by atoms with Gasteiger partial charge in [0, 0.05) is 0 Å². The lowest BCUT2D eigenvalue weighted by atomic mass is 10.1. The zero-order chi connectivity index (χ0) is 16.1. The Labute approximate surface area is 135 Å². The minimum atomic E-state index is -0.165. The molecule has 118 valence electrons. The highest BCUT2D eigenvalue weighted by molar-refractivity contribution is 5.42. The summed E-state index contributed by atoms with van der Waals surface area (Å²) in [6.45, 7) is 2.23. The van der Waals surface area contributed by atoms with Crippen molar-refractivity contribution in [1.29, 1.82) is 0 Å². The third kappa shape index (κ3) is 3.24. The van der Waals surface area contributed by atoms with Crippen molar-refractivity contribution in [2.75, 3.05) is 0 Å². The topological polar surface area (TPSA) is 60.2 Å². The van der Waals surface area contributed by atoms with E-state index in [9.17, 15) is 5.11 Å². The van der Waals surface area contributed by atoms with Crippen LogP contribution < -0.4 is 4.74 Å². The first-order chi connectivity index (χ1) is 11.3. The number of rotatable bonds is 6. The second-order valence-corrected chi connectivity index (χ2v) is 5.14. The lowest BCUT2D eigenvalue weighted by Gasteiger charge is -2.12. The van der Waals surface area contributed by atoms with Crippen LogP contribution in [0.4, 0.5) is 0 Å². The molecular formula is C18H19N3O2. The minimum absolute atomic E-state index is 0.165. The number of hydrogen-bond donors (Lipinski definition) is 1. The fourth-order valence-electron chi connectivity index (χ4n) is 2.48. The van der Waals surface area contributed by atoms with E-state index in [1.165, 1.54) is 5.56 Å². The average Bonchev–Trinajstić information content (AvgIpc) is 3.03. The third-order valence-electron chi connectivity index (χ3n) is 3.71. The van der Waals surface area contributed by atoms with Gasteiger partial charge in [0.1, 0.15) is 23.7 Å². The van der Waals surface area contributed by atoms with Crippen LogP contribution in [0.1, 0.15) is 23.9 Å². The summed E-state index contributed by atoms with van der Waals surface area (Å²) < 4.78 is 7.57. The fraction of sp³-hybridized carbons (Fsp3) is 0.222. The molecular weight excluding hydrogens is 290 g/mol. The molecule has 0 saturated heterocycles. The van der Waals surface area contributed by atoms with E-state index in [1.54, 1.807) is 4.68 Å². The van der Waals surface area contributed by atoms with Gasteiger partial charge in [0.15, 0.2) is 0 Å². The van der Waals surface area contributed by atoms with Gasteiger partial charge < -0.3 is 9.84 Å². The Kier molecular flexibility index (Phi) is 4.68. The molecule has 23 heavy (non-hydrogen) atoms. The maximum absolute atomic E-state index is 9.53. The van der Waals surface area contributed by atoms with E-state index < -0.39 is 0 Å². The van der Waals surface area contributed by atoms with Gasteiger partial charge in [-0.05, 0) is 30.2 Å². The molecule has 0 bridgehead atoms. The maximum Gasteiger partial charge on any atom is 0.132 e. The van der Waals surface area contributed by atoms with E-state index in [0.29, 0.717) is 12.3 Å². The Balaban J connectivity index is 1.94. The van der Waals surface area contributed by atoms with Gasteiger partial charge in [-0.15, -0.1) is 5.10 Å². The number of aromatic nitrogens is 3. The van der Waals surface area contributed by atoms with E-state index in [0.717, 1.165) is 23.6 Å². The van der Waals surface area contributed by atoms with Gasteiger partial charge in [-0.25, -0.2) is 4.68 Å². The molecule has 0 amide bonds. The number of benzene rings is 2. The molecule has 1 aromatic heterocycles. The lowest BCUT2D eigenvalue weighted by Crippen LogP contribution is -2.09. The Bertz CT molecular complexity index is 769. The smallest absolute Gasteiger partial charge is 0.132 e. The highest BCUT2D eigenvalue weighted by atomic mass is 16.5. The van der Waals surface area contributed by atoms with Crippen molar-refractivity contribution < 1.29 is 9.84 Å². The quantitative estimate of drug-likeness (QED) is 0.760. The van der Waals surface area contributed by atoms with Gasteiger partial charge in [-0.3, -0.25) is 0 Å². The van der Waals surface area contributed by atoms with Gasteiger partial charge in [-0.1, -0.05) is 48.5 Å². The first-order valence-corrected chi connectivity index (χ1v) is 7.64. The summed E-state index contributed by atoms with van der Waals surface area (Å²) in [6, 6.07) is 17.6. The van der Waals surface area contributed by atoms with Crippen LogP contribution in [-0.2, 0) is 19.6 Å². The summed E-state index contributed by atoms with van der Waals surface area (Å²) in [6.07, 6.45) is 0.892.